The average Bonchev–Trinajstić information content (AvgIpc) is 3.23. The van der Waals surface area contributed by atoms with Crippen LogP contribution in [0.3, 0.4) is 0 Å². The minimum absolute atomic E-state index is 0.0570. The van der Waals surface area contributed by atoms with Gasteiger partial charge in [0.15, 0.2) is 0 Å². The minimum atomic E-state index is -3.44. The molecule has 0 amide bonds. The third-order valence-electron chi connectivity index (χ3n) is 8.16. The SMILES string of the molecule is CC(C)[Si](OC1=C[C@H](c2ccccc2)C=C2CN(S(C)(=O)=O)[C@H](c3ccccc3)[C@H]21)(C(C)C)C(C)C. The van der Waals surface area contributed by atoms with Gasteiger partial charge in [0.2, 0.25) is 10.0 Å². The van der Waals surface area contributed by atoms with Crippen molar-refractivity contribution >= 4 is 18.3 Å². The third-order valence-corrected chi connectivity index (χ3v) is 15.4. The van der Waals surface area contributed by atoms with Crippen LogP contribution in [0.15, 0.2) is 84.1 Å². The lowest BCUT2D eigenvalue weighted by atomic mass is 9.81. The normalized spacial score (nSPS) is 23.1. The third kappa shape index (κ3) is 4.87. The summed E-state index contributed by atoms with van der Waals surface area (Å²) in [6, 6.07) is 20.2. The quantitative estimate of drug-likeness (QED) is 0.267. The Morgan fingerprint density at radius 1 is 0.806 bits per heavy atom. The van der Waals surface area contributed by atoms with Crippen molar-refractivity contribution < 1.29 is 12.8 Å². The number of allylic oxidation sites excluding steroid dienone is 2. The summed E-state index contributed by atoms with van der Waals surface area (Å²) in [5.41, 5.74) is 4.61. The highest BCUT2D eigenvalue weighted by molar-refractivity contribution is 7.88. The number of hydrogen-bond acceptors (Lipinski definition) is 3. The first-order valence-corrected chi connectivity index (χ1v) is 17.1. The summed E-state index contributed by atoms with van der Waals surface area (Å²) >= 11 is 0. The van der Waals surface area contributed by atoms with Gasteiger partial charge in [0.1, 0.15) is 0 Å². The fourth-order valence-corrected chi connectivity index (χ4v) is 13.0. The predicted molar refractivity (Wildman–Crippen MR) is 152 cm³/mol. The van der Waals surface area contributed by atoms with E-state index in [1.807, 2.05) is 36.4 Å². The predicted octanol–water partition coefficient (Wildman–Crippen LogP) is 7.42. The number of nitrogens with zero attached hydrogens (tertiary/aromatic N) is 1. The zero-order chi connectivity index (χ0) is 26.3. The van der Waals surface area contributed by atoms with Gasteiger partial charge in [-0.05, 0) is 39.4 Å². The van der Waals surface area contributed by atoms with Crippen LogP contribution in [0.5, 0.6) is 0 Å². The molecule has 4 nitrogen and oxygen atoms in total. The molecule has 0 spiro atoms. The molecule has 6 heteroatoms. The van der Waals surface area contributed by atoms with E-state index < -0.39 is 18.3 Å². The molecule has 36 heavy (non-hydrogen) atoms. The lowest BCUT2D eigenvalue weighted by Crippen LogP contribution is -2.48. The molecule has 0 unspecified atom stereocenters. The summed E-state index contributed by atoms with van der Waals surface area (Å²) in [4.78, 5) is 0. The van der Waals surface area contributed by atoms with Gasteiger partial charge in [-0.1, -0.05) is 108 Å². The number of hydrogen-bond donors (Lipinski definition) is 0. The van der Waals surface area contributed by atoms with Crippen LogP contribution in [-0.2, 0) is 14.4 Å². The number of rotatable bonds is 8. The van der Waals surface area contributed by atoms with Gasteiger partial charge in [0.05, 0.1) is 24.0 Å². The second-order valence-electron chi connectivity index (χ2n) is 11.3. The topological polar surface area (TPSA) is 46.6 Å². The molecule has 0 bridgehead atoms. The molecule has 4 rings (SSSR count). The molecule has 2 aliphatic rings. The van der Waals surface area contributed by atoms with Crippen LogP contribution in [-0.4, -0.2) is 33.8 Å². The molecule has 0 radical (unpaired) electrons. The smallest absolute Gasteiger partial charge is 0.258 e. The zero-order valence-corrected chi connectivity index (χ0v) is 24.5. The van der Waals surface area contributed by atoms with E-state index in [0.717, 1.165) is 16.9 Å². The molecule has 2 aromatic rings. The molecule has 0 aromatic heterocycles. The summed E-state index contributed by atoms with van der Waals surface area (Å²) < 4.78 is 35.2. The van der Waals surface area contributed by atoms with E-state index in [2.05, 4.69) is 78.0 Å². The Bertz CT molecular complexity index is 1200. The van der Waals surface area contributed by atoms with Crippen LogP contribution in [0.4, 0.5) is 0 Å². The maximum absolute atomic E-state index is 13.1. The van der Waals surface area contributed by atoms with Gasteiger partial charge < -0.3 is 4.43 Å². The molecule has 2 aromatic carbocycles. The van der Waals surface area contributed by atoms with E-state index >= 15 is 0 Å². The highest BCUT2D eigenvalue weighted by Crippen LogP contribution is 2.53. The standard InChI is InChI=1S/C30H41NO3SSi/c1-21(2)36(22(3)4,23(5)6)34-28-19-26(24-14-10-8-11-15-24)18-27-20-31(35(7,32)33)30(29(27)28)25-16-12-9-13-17-25/h8-19,21-23,26,29-30H,20H2,1-7H3/t26-,29-,30-/m1/s1. The van der Waals surface area contributed by atoms with E-state index in [0.29, 0.717) is 23.2 Å². The van der Waals surface area contributed by atoms with Crippen LogP contribution in [0.25, 0.3) is 0 Å². The zero-order valence-electron chi connectivity index (χ0n) is 22.7. The van der Waals surface area contributed by atoms with Crippen LogP contribution in [0.1, 0.15) is 64.6 Å². The van der Waals surface area contributed by atoms with Gasteiger partial charge >= 0.3 is 0 Å². The molecule has 1 saturated heterocycles. The van der Waals surface area contributed by atoms with E-state index in [-0.39, 0.29) is 17.9 Å². The summed E-state index contributed by atoms with van der Waals surface area (Å²) in [5, 5.41) is 0. The van der Waals surface area contributed by atoms with Crippen molar-refractivity contribution in [2.45, 2.75) is 70.1 Å². The Labute approximate surface area is 219 Å². The molecule has 1 fully saturated rings. The summed E-state index contributed by atoms with van der Waals surface area (Å²) in [6.07, 6.45) is 5.88. The largest absolute Gasteiger partial charge is 0.545 e. The van der Waals surface area contributed by atoms with E-state index in [1.165, 1.54) is 11.8 Å². The maximum Gasteiger partial charge on any atom is 0.258 e. The average molecular weight is 524 g/mol. The van der Waals surface area contributed by atoms with E-state index in [4.69, 9.17) is 4.43 Å². The second-order valence-corrected chi connectivity index (χ2v) is 18.6. The Kier molecular flexibility index (Phi) is 7.70. The van der Waals surface area contributed by atoms with Crippen molar-refractivity contribution in [2.24, 2.45) is 5.92 Å². The first kappa shape index (κ1) is 26.9. The van der Waals surface area contributed by atoms with E-state index in [9.17, 15) is 8.42 Å². The van der Waals surface area contributed by atoms with Crippen LogP contribution in [0.2, 0.25) is 16.6 Å². The van der Waals surface area contributed by atoms with Gasteiger partial charge in [-0.2, -0.15) is 4.31 Å². The first-order chi connectivity index (χ1) is 17.0. The number of benzene rings is 2. The van der Waals surface area contributed by atoms with Gasteiger partial charge in [-0.3, -0.25) is 0 Å². The van der Waals surface area contributed by atoms with Gasteiger partial charge in [-0.25, -0.2) is 8.42 Å². The van der Waals surface area contributed by atoms with Crippen LogP contribution < -0.4 is 0 Å². The van der Waals surface area contributed by atoms with Crippen molar-refractivity contribution in [3.63, 3.8) is 0 Å². The second kappa shape index (κ2) is 10.3. The molecule has 1 heterocycles. The summed E-state index contributed by atoms with van der Waals surface area (Å²) in [7, 11) is -5.70. The van der Waals surface area contributed by atoms with Gasteiger partial charge in [0.25, 0.3) is 8.32 Å². The van der Waals surface area contributed by atoms with Crippen LogP contribution >= 0.6 is 0 Å². The molecule has 1 aliphatic carbocycles. The Morgan fingerprint density at radius 3 is 1.78 bits per heavy atom. The fraction of sp³-hybridized carbons (Fsp3) is 0.467. The first-order valence-electron chi connectivity index (χ1n) is 13.1. The molecule has 194 valence electrons. The van der Waals surface area contributed by atoms with Crippen LogP contribution in [0, 0.1) is 5.92 Å². The molecular weight excluding hydrogens is 482 g/mol. The molecule has 0 saturated carbocycles. The monoisotopic (exact) mass is 523 g/mol. The lowest BCUT2D eigenvalue weighted by molar-refractivity contribution is 0.279. The Balaban J connectivity index is 1.91. The van der Waals surface area contributed by atoms with Crippen molar-refractivity contribution in [3.05, 3.63) is 95.3 Å². The highest BCUT2D eigenvalue weighted by atomic mass is 32.2. The molecule has 3 atom stereocenters. The number of fused-ring (bicyclic) bond motifs is 1. The highest BCUT2D eigenvalue weighted by Gasteiger charge is 2.52. The fourth-order valence-electron chi connectivity index (χ4n) is 6.66. The maximum atomic E-state index is 13.1. The minimum Gasteiger partial charge on any atom is -0.545 e. The lowest BCUT2D eigenvalue weighted by Gasteiger charge is -2.45. The van der Waals surface area contributed by atoms with Gasteiger partial charge in [0, 0.05) is 12.5 Å². The van der Waals surface area contributed by atoms with Crippen molar-refractivity contribution in [3.8, 4) is 0 Å². The molecule has 1 aliphatic heterocycles. The van der Waals surface area contributed by atoms with Crippen molar-refractivity contribution in [2.75, 3.05) is 12.8 Å². The van der Waals surface area contributed by atoms with Gasteiger partial charge in [-0.15, -0.1) is 0 Å². The Hall–Kier alpha value is -2.15. The van der Waals surface area contributed by atoms with E-state index in [1.54, 1.807) is 4.31 Å². The molecule has 0 N–H and O–H groups in total. The van der Waals surface area contributed by atoms with Crippen molar-refractivity contribution in [1.29, 1.82) is 0 Å². The summed E-state index contributed by atoms with van der Waals surface area (Å²) in [5.74, 6) is 0.899. The summed E-state index contributed by atoms with van der Waals surface area (Å²) in [6.45, 7) is 14.2. The number of sulfonamides is 1. The molecular formula is C30H41NO3SSi. The van der Waals surface area contributed by atoms with Crippen molar-refractivity contribution in [1.82, 2.24) is 4.31 Å². The Morgan fingerprint density at radius 2 is 1.31 bits per heavy atom.